The molecule has 2 atom stereocenters. The number of carboxylic acid groups (broad SMARTS) is 1. The molecule has 0 heterocycles. The Hall–Kier alpha value is -0.570. The zero-order chi connectivity index (χ0) is 8.48. The van der Waals surface area contributed by atoms with Crippen LogP contribution in [0.2, 0.25) is 0 Å². The van der Waals surface area contributed by atoms with Gasteiger partial charge in [0.2, 0.25) is 0 Å². The van der Waals surface area contributed by atoms with Crippen molar-refractivity contribution < 1.29 is 15.0 Å². The molecule has 0 spiro atoms. The lowest BCUT2D eigenvalue weighted by Crippen LogP contribution is -2.42. The minimum absolute atomic E-state index is 0.601. The highest BCUT2D eigenvalue weighted by Crippen LogP contribution is 2.36. The minimum Gasteiger partial charge on any atom is -0.481 e. The molecular weight excluding hydrogens is 144 g/mol. The SMILES string of the molecule is CC1(C(=O)O)CCCCC1O. The molecule has 0 bridgehead atoms. The molecule has 0 amide bonds. The van der Waals surface area contributed by atoms with E-state index in [1.807, 2.05) is 0 Å². The van der Waals surface area contributed by atoms with E-state index < -0.39 is 17.5 Å². The average Bonchev–Trinajstić information content (AvgIpc) is 1.95. The molecule has 2 N–H and O–H groups in total. The van der Waals surface area contributed by atoms with Gasteiger partial charge in [-0.2, -0.15) is 0 Å². The summed E-state index contributed by atoms with van der Waals surface area (Å²) in [7, 11) is 0. The summed E-state index contributed by atoms with van der Waals surface area (Å²) in [6.07, 6.45) is 2.43. The molecule has 0 aromatic carbocycles. The summed E-state index contributed by atoms with van der Waals surface area (Å²) in [4.78, 5) is 10.7. The first-order valence-electron chi connectivity index (χ1n) is 3.99. The first-order valence-corrected chi connectivity index (χ1v) is 3.99. The molecule has 11 heavy (non-hydrogen) atoms. The van der Waals surface area contributed by atoms with Crippen LogP contribution in [0.4, 0.5) is 0 Å². The third-order valence-corrected chi connectivity index (χ3v) is 2.65. The van der Waals surface area contributed by atoms with Crippen LogP contribution in [0.25, 0.3) is 0 Å². The third-order valence-electron chi connectivity index (χ3n) is 2.65. The van der Waals surface area contributed by atoms with Crippen LogP contribution in [0.5, 0.6) is 0 Å². The van der Waals surface area contributed by atoms with Crippen LogP contribution in [0.1, 0.15) is 32.6 Å². The van der Waals surface area contributed by atoms with E-state index in [2.05, 4.69) is 0 Å². The number of rotatable bonds is 1. The lowest BCUT2D eigenvalue weighted by molar-refractivity contribution is -0.158. The second kappa shape index (κ2) is 2.81. The van der Waals surface area contributed by atoms with Crippen molar-refractivity contribution >= 4 is 5.97 Å². The normalized spacial score (nSPS) is 38.5. The summed E-state index contributed by atoms with van der Waals surface area (Å²) >= 11 is 0. The molecule has 1 rings (SSSR count). The second-order valence-electron chi connectivity index (χ2n) is 3.48. The topological polar surface area (TPSA) is 57.5 Å². The van der Waals surface area contributed by atoms with Crippen molar-refractivity contribution in [1.29, 1.82) is 0 Å². The molecule has 64 valence electrons. The van der Waals surface area contributed by atoms with Crippen LogP contribution >= 0.6 is 0 Å². The Balaban J connectivity index is 2.72. The number of hydrogen-bond acceptors (Lipinski definition) is 2. The van der Waals surface area contributed by atoms with Crippen molar-refractivity contribution in [2.75, 3.05) is 0 Å². The molecule has 3 heteroatoms. The van der Waals surface area contributed by atoms with Gasteiger partial charge in [0.05, 0.1) is 11.5 Å². The van der Waals surface area contributed by atoms with E-state index in [9.17, 15) is 9.90 Å². The largest absolute Gasteiger partial charge is 0.481 e. The maximum atomic E-state index is 10.7. The first kappa shape index (κ1) is 8.53. The molecule has 0 aliphatic heterocycles. The van der Waals surface area contributed by atoms with Gasteiger partial charge in [0, 0.05) is 0 Å². The van der Waals surface area contributed by atoms with Crippen molar-refractivity contribution in [1.82, 2.24) is 0 Å². The quantitative estimate of drug-likeness (QED) is 0.598. The molecule has 0 radical (unpaired) electrons. The van der Waals surface area contributed by atoms with Crippen molar-refractivity contribution in [3.8, 4) is 0 Å². The molecule has 1 aliphatic carbocycles. The lowest BCUT2D eigenvalue weighted by Gasteiger charge is -2.34. The number of carbonyl (C=O) groups is 1. The minimum atomic E-state index is -0.891. The Morgan fingerprint density at radius 3 is 2.55 bits per heavy atom. The van der Waals surface area contributed by atoms with Gasteiger partial charge in [0.25, 0.3) is 0 Å². The number of aliphatic carboxylic acids is 1. The predicted octanol–water partition coefficient (Wildman–Crippen LogP) is 1.01. The van der Waals surface area contributed by atoms with Gasteiger partial charge in [-0.3, -0.25) is 4.79 Å². The van der Waals surface area contributed by atoms with Gasteiger partial charge in [-0.05, 0) is 19.8 Å². The van der Waals surface area contributed by atoms with E-state index >= 15 is 0 Å². The number of hydrogen-bond donors (Lipinski definition) is 2. The molecule has 0 saturated heterocycles. The van der Waals surface area contributed by atoms with E-state index in [0.717, 1.165) is 12.8 Å². The van der Waals surface area contributed by atoms with Crippen LogP contribution in [0.15, 0.2) is 0 Å². The van der Waals surface area contributed by atoms with Crippen molar-refractivity contribution in [3.63, 3.8) is 0 Å². The van der Waals surface area contributed by atoms with Gasteiger partial charge in [-0.15, -0.1) is 0 Å². The zero-order valence-electron chi connectivity index (χ0n) is 6.71. The maximum Gasteiger partial charge on any atom is 0.311 e. The van der Waals surface area contributed by atoms with Gasteiger partial charge in [0.1, 0.15) is 0 Å². The Kier molecular flexibility index (Phi) is 2.18. The number of aliphatic hydroxyl groups excluding tert-OH is 1. The molecule has 2 unspecified atom stereocenters. The summed E-state index contributed by atoms with van der Waals surface area (Å²) < 4.78 is 0. The van der Waals surface area contributed by atoms with Crippen LogP contribution in [-0.4, -0.2) is 22.3 Å². The molecule has 1 fully saturated rings. The highest BCUT2D eigenvalue weighted by molar-refractivity contribution is 5.75. The fourth-order valence-corrected chi connectivity index (χ4v) is 1.56. The summed E-state index contributed by atoms with van der Waals surface area (Å²) in [5, 5.41) is 18.2. The van der Waals surface area contributed by atoms with E-state index in [0.29, 0.717) is 12.8 Å². The fraction of sp³-hybridized carbons (Fsp3) is 0.875. The second-order valence-corrected chi connectivity index (χ2v) is 3.48. The Labute approximate surface area is 66.0 Å². The highest BCUT2D eigenvalue weighted by atomic mass is 16.4. The Bertz CT molecular complexity index is 167. The van der Waals surface area contributed by atoms with Crippen molar-refractivity contribution in [2.24, 2.45) is 5.41 Å². The van der Waals surface area contributed by atoms with Crippen LogP contribution < -0.4 is 0 Å². The van der Waals surface area contributed by atoms with Gasteiger partial charge < -0.3 is 10.2 Å². The molecule has 1 saturated carbocycles. The number of aliphatic hydroxyl groups is 1. The lowest BCUT2D eigenvalue weighted by atomic mass is 9.73. The molecular formula is C8H14O3. The summed E-state index contributed by atoms with van der Waals surface area (Å²) in [5.41, 5.74) is -0.891. The summed E-state index contributed by atoms with van der Waals surface area (Å²) in [5.74, 6) is -0.871. The van der Waals surface area contributed by atoms with Crippen LogP contribution in [0.3, 0.4) is 0 Å². The molecule has 3 nitrogen and oxygen atoms in total. The molecule has 0 aromatic heterocycles. The Morgan fingerprint density at radius 2 is 2.18 bits per heavy atom. The summed E-state index contributed by atoms with van der Waals surface area (Å²) in [6.45, 7) is 1.62. The smallest absolute Gasteiger partial charge is 0.311 e. The van der Waals surface area contributed by atoms with Gasteiger partial charge in [0.15, 0.2) is 0 Å². The van der Waals surface area contributed by atoms with E-state index in [4.69, 9.17) is 5.11 Å². The van der Waals surface area contributed by atoms with Crippen LogP contribution in [0, 0.1) is 5.41 Å². The molecule has 1 aliphatic rings. The Morgan fingerprint density at radius 1 is 1.55 bits per heavy atom. The first-order chi connectivity index (χ1) is 5.07. The third kappa shape index (κ3) is 1.38. The van der Waals surface area contributed by atoms with Gasteiger partial charge in [-0.1, -0.05) is 12.8 Å². The highest BCUT2D eigenvalue weighted by Gasteiger charge is 2.41. The van der Waals surface area contributed by atoms with Gasteiger partial charge in [-0.25, -0.2) is 0 Å². The monoisotopic (exact) mass is 158 g/mol. The van der Waals surface area contributed by atoms with Crippen molar-refractivity contribution in [3.05, 3.63) is 0 Å². The van der Waals surface area contributed by atoms with Gasteiger partial charge >= 0.3 is 5.97 Å². The molecule has 0 aromatic rings. The standard InChI is InChI=1S/C8H14O3/c1-8(7(10)11)5-3-2-4-6(8)9/h6,9H,2-5H2,1H3,(H,10,11). The maximum absolute atomic E-state index is 10.7. The van der Waals surface area contributed by atoms with E-state index in [-0.39, 0.29) is 0 Å². The zero-order valence-corrected chi connectivity index (χ0v) is 6.71. The average molecular weight is 158 g/mol. The van der Waals surface area contributed by atoms with Crippen molar-refractivity contribution in [2.45, 2.75) is 38.7 Å². The number of carboxylic acids is 1. The summed E-state index contributed by atoms with van der Waals surface area (Å²) in [6, 6.07) is 0. The van der Waals surface area contributed by atoms with Crippen LogP contribution in [-0.2, 0) is 4.79 Å². The fourth-order valence-electron chi connectivity index (χ4n) is 1.56. The van der Waals surface area contributed by atoms with E-state index in [1.165, 1.54) is 0 Å². The predicted molar refractivity (Wildman–Crippen MR) is 40.2 cm³/mol. The van der Waals surface area contributed by atoms with E-state index in [1.54, 1.807) is 6.92 Å².